The van der Waals surface area contributed by atoms with Crippen molar-refractivity contribution in [3.63, 3.8) is 0 Å². The summed E-state index contributed by atoms with van der Waals surface area (Å²) in [5.41, 5.74) is 5.60. The van der Waals surface area contributed by atoms with E-state index in [4.69, 9.17) is 9.97 Å². The summed E-state index contributed by atoms with van der Waals surface area (Å²) in [5, 5.41) is 5.99. The van der Waals surface area contributed by atoms with Gasteiger partial charge in [0.2, 0.25) is 5.95 Å². The van der Waals surface area contributed by atoms with Crippen LogP contribution in [0.5, 0.6) is 0 Å². The Morgan fingerprint density at radius 1 is 0.860 bits per heavy atom. The molecule has 50 heavy (non-hydrogen) atoms. The summed E-state index contributed by atoms with van der Waals surface area (Å²) in [6, 6.07) is 26.3. The number of halogens is 2. The number of hydrogen-bond acceptors (Lipinski definition) is 7. The van der Waals surface area contributed by atoms with Gasteiger partial charge in [-0.2, -0.15) is 0 Å². The summed E-state index contributed by atoms with van der Waals surface area (Å²) in [7, 11) is 0. The van der Waals surface area contributed by atoms with Gasteiger partial charge in [0.15, 0.2) is 0 Å². The quantitative estimate of drug-likeness (QED) is 0.172. The molecule has 0 radical (unpaired) electrons. The summed E-state index contributed by atoms with van der Waals surface area (Å²) >= 11 is 0. The molecule has 2 saturated heterocycles. The molecule has 2 aliphatic rings. The molecule has 5 heterocycles. The number of nitrogens with one attached hydrogen (secondary N) is 2. The number of nitrogens with zero attached hydrogens (tertiary/aromatic N) is 6. The van der Waals surface area contributed by atoms with E-state index in [2.05, 4.69) is 56.6 Å². The van der Waals surface area contributed by atoms with Gasteiger partial charge in [-0.15, -0.1) is 0 Å². The first-order valence-electron chi connectivity index (χ1n) is 16.9. The van der Waals surface area contributed by atoms with Gasteiger partial charge in [0.05, 0.1) is 17.1 Å². The van der Waals surface area contributed by atoms with Gasteiger partial charge in [-0.1, -0.05) is 31.2 Å². The minimum absolute atomic E-state index is 0.363. The lowest BCUT2D eigenvalue weighted by molar-refractivity contribution is 0.101. The van der Waals surface area contributed by atoms with E-state index in [-0.39, 0.29) is 0 Å². The highest BCUT2D eigenvalue weighted by Gasteiger charge is 2.43. The number of benzene rings is 3. The lowest BCUT2D eigenvalue weighted by Crippen LogP contribution is -2.30. The van der Waals surface area contributed by atoms with Gasteiger partial charge < -0.3 is 20.4 Å². The number of imidazole rings is 1. The molecule has 0 bridgehead atoms. The number of fused-ring (bicyclic) bond motifs is 1. The maximum atomic E-state index is 14.3. The zero-order valence-corrected chi connectivity index (χ0v) is 27.6. The van der Waals surface area contributed by atoms with Crippen molar-refractivity contribution in [1.29, 1.82) is 0 Å². The van der Waals surface area contributed by atoms with Crippen molar-refractivity contribution in [2.24, 2.45) is 5.41 Å². The van der Waals surface area contributed by atoms with Crippen molar-refractivity contribution >= 4 is 34.6 Å². The Morgan fingerprint density at radius 2 is 1.66 bits per heavy atom. The normalized spacial score (nSPS) is 17.5. The number of rotatable bonds is 8. The highest BCUT2D eigenvalue weighted by Crippen LogP contribution is 2.41. The van der Waals surface area contributed by atoms with Gasteiger partial charge in [0.1, 0.15) is 22.8 Å². The van der Waals surface area contributed by atoms with Crippen LogP contribution in [0.1, 0.15) is 30.1 Å². The van der Waals surface area contributed by atoms with Crippen LogP contribution in [0.3, 0.4) is 0 Å². The van der Waals surface area contributed by atoms with E-state index >= 15 is 0 Å². The predicted molar refractivity (Wildman–Crippen MR) is 192 cm³/mol. The van der Waals surface area contributed by atoms with Crippen LogP contribution in [-0.2, 0) is 0 Å². The number of anilines is 4. The largest absolute Gasteiger partial charge is 0.371 e. The van der Waals surface area contributed by atoms with E-state index < -0.39 is 23.1 Å². The number of carbonyl (C=O) groups is 1. The molecular weight excluding hydrogens is 634 g/mol. The number of carbonyl (C=O) groups excluding carboxylic acids is 1. The maximum absolute atomic E-state index is 14.3. The van der Waals surface area contributed by atoms with Crippen LogP contribution in [0.25, 0.3) is 28.3 Å². The summed E-state index contributed by atoms with van der Waals surface area (Å²) in [4.78, 5) is 32.2. The second-order valence-corrected chi connectivity index (χ2v) is 13.1. The number of likely N-dealkylation sites (tertiary alicyclic amines) is 1. The van der Waals surface area contributed by atoms with E-state index in [0.717, 1.165) is 43.1 Å². The Hall–Kier alpha value is -5.68. The Balaban J connectivity index is 1.04. The molecule has 1 atom stereocenters. The van der Waals surface area contributed by atoms with Gasteiger partial charge in [0.25, 0.3) is 5.91 Å². The molecule has 0 saturated carbocycles. The lowest BCUT2D eigenvalue weighted by atomic mass is 9.86. The van der Waals surface area contributed by atoms with Crippen LogP contribution in [-0.4, -0.2) is 62.9 Å². The SMILES string of the molecule is CCN1CCC2(CCN(c3ccc(Nc4nccc(-c5c(-c6cccc(NC(=O)c7c(F)cccc7F)c6)nc6ccccn56)n4)cc3)C2)C1. The van der Waals surface area contributed by atoms with Crippen LogP contribution < -0.4 is 15.5 Å². The fraction of sp³-hybridized carbons (Fsp3) is 0.231. The second kappa shape index (κ2) is 13.0. The zero-order valence-electron chi connectivity index (χ0n) is 27.6. The second-order valence-electron chi connectivity index (χ2n) is 13.1. The first-order valence-corrected chi connectivity index (χ1v) is 16.9. The first-order chi connectivity index (χ1) is 24.4. The standard InChI is InChI=1S/C39H36F2N8O/c1-2-47-21-17-39(24-47)18-22-48(25-39)29-14-12-27(13-15-29)44-38-42-19-16-32(45-38)36-35(46-33-11-3-4-20-49(33)36)26-7-5-8-28(23-26)43-37(50)34-30(40)9-6-10-31(34)41/h3-16,19-20,23H,2,17-18,21-22,24-25H2,1H3,(H,43,50)(H,42,44,45). The molecular formula is C39H36F2N8O. The molecule has 6 aromatic rings. The van der Waals surface area contributed by atoms with E-state index in [1.807, 2.05) is 40.9 Å². The van der Waals surface area contributed by atoms with Crippen LogP contribution in [0.15, 0.2) is 103 Å². The summed E-state index contributed by atoms with van der Waals surface area (Å²) in [5.74, 6) is -2.31. The highest BCUT2D eigenvalue weighted by atomic mass is 19.1. The van der Waals surface area contributed by atoms with Gasteiger partial charge in [-0.05, 0) is 92.7 Å². The minimum Gasteiger partial charge on any atom is -0.371 e. The van der Waals surface area contributed by atoms with Crippen molar-refractivity contribution in [2.45, 2.75) is 19.8 Å². The maximum Gasteiger partial charge on any atom is 0.261 e. The van der Waals surface area contributed by atoms with Crippen molar-refractivity contribution in [1.82, 2.24) is 24.3 Å². The molecule has 3 aromatic carbocycles. The van der Waals surface area contributed by atoms with Crippen molar-refractivity contribution in [3.05, 3.63) is 121 Å². The molecule has 2 fully saturated rings. The molecule has 2 N–H and O–H groups in total. The molecule has 11 heteroatoms. The van der Waals surface area contributed by atoms with Crippen molar-refractivity contribution in [3.8, 4) is 22.6 Å². The average Bonchev–Trinajstić information content (AvgIpc) is 3.86. The number of aromatic nitrogens is 4. The Labute approximate surface area is 288 Å². The van der Waals surface area contributed by atoms with Crippen LogP contribution in [0.2, 0.25) is 0 Å². The number of hydrogen-bond donors (Lipinski definition) is 2. The third-order valence-corrected chi connectivity index (χ3v) is 9.90. The molecule has 1 spiro atoms. The van der Waals surface area contributed by atoms with E-state index in [1.54, 1.807) is 24.4 Å². The van der Waals surface area contributed by atoms with Crippen LogP contribution >= 0.6 is 0 Å². The zero-order chi connectivity index (χ0) is 34.2. The highest BCUT2D eigenvalue weighted by molar-refractivity contribution is 6.05. The topological polar surface area (TPSA) is 90.7 Å². The van der Waals surface area contributed by atoms with Crippen molar-refractivity contribution in [2.75, 3.05) is 48.3 Å². The fourth-order valence-electron chi connectivity index (χ4n) is 7.32. The van der Waals surface area contributed by atoms with Gasteiger partial charge in [0, 0.05) is 60.1 Å². The van der Waals surface area contributed by atoms with Gasteiger partial charge >= 0.3 is 0 Å². The smallest absolute Gasteiger partial charge is 0.261 e. The minimum atomic E-state index is -0.933. The molecule has 1 unspecified atom stereocenters. The van der Waals surface area contributed by atoms with Crippen molar-refractivity contribution < 1.29 is 13.6 Å². The monoisotopic (exact) mass is 670 g/mol. The summed E-state index contributed by atoms with van der Waals surface area (Å²) in [6.45, 7) is 7.95. The Kier molecular flexibility index (Phi) is 8.20. The molecule has 9 nitrogen and oxygen atoms in total. The predicted octanol–water partition coefficient (Wildman–Crippen LogP) is 7.65. The Bertz CT molecular complexity index is 2180. The third kappa shape index (κ3) is 6.05. The number of pyridine rings is 1. The number of amides is 1. The molecule has 2 aliphatic heterocycles. The van der Waals surface area contributed by atoms with Gasteiger partial charge in [-0.25, -0.2) is 23.7 Å². The third-order valence-electron chi connectivity index (χ3n) is 9.90. The lowest BCUT2D eigenvalue weighted by Gasteiger charge is -2.25. The molecule has 252 valence electrons. The van der Waals surface area contributed by atoms with E-state index in [9.17, 15) is 13.6 Å². The molecule has 8 rings (SSSR count). The summed E-state index contributed by atoms with van der Waals surface area (Å²) < 4.78 is 30.5. The average molecular weight is 671 g/mol. The molecule has 0 aliphatic carbocycles. The van der Waals surface area contributed by atoms with Crippen LogP contribution in [0, 0.1) is 17.0 Å². The van der Waals surface area contributed by atoms with Crippen LogP contribution in [0.4, 0.5) is 31.8 Å². The Morgan fingerprint density at radius 3 is 2.46 bits per heavy atom. The molecule has 1 amide bonds. The fourth-order valence-corrected chi connectivity index (χ4v) is 7.32. The first kappa shape index (κ1) is 31.6. The molecule has 3 aromatic heterocycles. The van der Waals surface area contributed by atoms with E-state index in [1.165, 1.54) is 37.7 Å². The van der Waals surface area contributed by atoms with E-state index in [0.29, 0.717) is 39.6 Å². The van der Waals surface area contributed by atoms with Gasteiger partial charge in [-0.3, -0.25) is 9.20 Å². The summed E-state index contributed by atoms with van der Waals surface area (Å²) in [6.07, 6.45) is 6.13.